The predicted molar refractivity (Wildman–Crippen MR) is 104 cm³/mol. The SMILES string of the molecule is Cn1cc(C(=O)C[C@@H]2CCCN2C(=O)Cc2csc(N3CCCC3=O)n2)cn1. The Labute approximate surface area is 167 Å². The zero-order chi connectivity index (χ0) is 19.7. The third-order valence-electron chi connectivity index (χ3n) is 5.32. The Bertz CT molecular complexity index is 905. The molecule has 0 aliphatic carbocycles. The minimum Gasteiger partial charge on any atom is -0.339 e. The Morgan fingerprint density at radius 3 is 2.86 bits per heavy atom. The lowest BCUT2D eigenvalue weighted by Crippen LogP contribution is -2.37. The molecular formula is C19H23N5O3S. The molecule has 0 bridgehead atoms. The van der Waals surface area contributed by atoms with Gasteiger partial charge in [0.2, 0.25) is 11.8 Å². The molecule has 1 atom stereocenters. The van der Waals surface area contributed by atoms with E-state index < -0.39 is 0 Å². The monoisotopic (exact) mass is 401 g/mol. The van der Waals surface area contributed by atoms with Gasteiger partial charge in [-0.25, -0.2) is 4.98 Å². The maximum Gasteiger partial charge on any atom is 0.228 e. The quantitative estimate of drug-likeness (QED) is 0.689. The first-order chi connectivity index (χ1) is 13.5. The average molecular weight is 401 g/mol. The number of anilines is 1. The largest absolute Gasteiger partial charge is 0.339 e. The van der Waals surface area contributed by atoms with Crippen LogP contribution >= 0.6 is 11.3 Å². The molecule has 0 aromatic carbocycles. The number of Topliss-reactive ketones (excluding diaryl/α,β-unsaturated/α-hetero) is 1. The second kappa shape index (κ2) is 7.83. The molecule has 2 fully saturated rings. The number of ketones is 1. The fraction of sp³-hybridized carbons (Fsp3) is 0.526. The van der Waals surface area contributed by atoms with Gasteiger partial charge in [0, 0.05) is 50.6 Å². The van der Waals surface area contributed by atoms with Crippen molar-refractivity contribution in [1.29, 1.82) is 0 Å². The van der Waals surface area contributed by atoms with Crippen molar-refractivity contribution in [3.8, 4) is 0 Å². The summed E-state index contributed by atoms with van der Waals surface area (Å²) in [6.07, 6.45) is 6.96. The summed E-state index contributed by atoms with van der Waals surface area (Å²) < 4.78 is 1.61. The van der Waals surface area contributed by atoms with E-state index in [0.29, 0.717) is 42.3 Å². The molecule has 8 nitrogen and oxygen atoms in total. The summed E-state index contributed by atoms with van der Waals surface area (Å²) in [7, 11) is 1.78. The predicted octanol–water partition coefficient (Wildman–Crippen LogP) is 1.81. The van der Waals surface area contributed by atoms with Crippen LogP contribution < -0.4 is 4.90 Å². The van der Waals surface area contributed by atoms with Gasteiger partial charge in [-0.2, -0.15) is 5.10 Å². The highest BCUT2D eigenvalue weighted by atomic mass is 32.1. The van der Waals surface area contributed by atoms with Crippen LogP contribution in [0, 0.1) is 0 Å². The molecule has 0 spiro atoms. The number of amides is 2. The molecule has 2 amide bonds. The first-order valence-electron chi connectivity index (χ1n) is 9.57. The van der Waals surface area contributed by atoms with Crippen LogP contribution in [0.3, 0.4) is 0 Å². The van der Waals surface area contributed by atoms with E-state index in [1.54, 1.807) is 29.0 Å². The molecule has 148 valence electrons. The fourth-order valence-corrected chi connectivity index (χ4v) is 4.75. The number of hydrogen-bond acceptors (Lipinski definition) is 6. The van der Waals surface area contributed by atoms with Gasteiger partial charge in [-0.1, -0.05) is 0 Å². The minimum atomic E-state index is -0.0709. The number of hydrogen-bond donors (Lipinski definition) is 0. The van der Waals surface area contributed by atoms with E-state index in [4.69, 9.17) is 0 Å². The third kappa shape index (κ3) is 3.84. The van der Waals surface area contributed by atoms with Crippen molar-refractivity contribution < 1.29 is 14.4 Å². The van der Waals surface area contributed by atoms with E-state index in [1.165, 1.54) is 11.3 Å². The highest BCUT2D eigenvalue weighted by Gasteiger charge is 2.31. The second-order valence-electron chi connectivity index (χ2n) is 7.36. The number of aryl methyl sites for hydroxylation is 1. The molecule has 4 rings (SSSR count). The summed E-state index contributed by atoms with van der Waals surface area (Å²) >= 11 is 1.41. The van der Waals surface area contributed by atoms with Crippen molar-refractivity contribution in [1.82, 2.24) is 19.7 Å². The number of rotatable bonds is 6. The van der Waals surface area contributed by atoms with Crippen LogP contribution in [-0.4, -0.2) is 56.4 Å². The summed E-state index contributed by atoms with van der Waals surface area (Å²) in [6, 6.07) is -0.0709. The number of likely N-dealkylation sites (tertiary alicyclic amines) is 1. The zero-order valence-corrected chi connectivity index (χ0v) is 16.7. The van der Waals surface area contributed by atoms with E-state index in [-0.39, 0.29) is 30.1 Å². The van der Waals surface area contributed by atoms with Gasteiger partial charge in [0.15, 0.2) is 10.9 Å². The molecule has 9 heteroatoms. The molecule has 2 saturated heterocycles. The van der Waals surface area contributed by atoms with Gasteiger partial charge in [0.25, 0.3) is 0 Å². The van der Waals surface area contributed by atoms with Crippen molar-refractivity contribution >= 4 is 34.1 Å². The summed E-state index contributed by atoms with van der Waals surface area (Å²) in [5.41, 5.74) is 1.27. The Morgan fingerprint density at radius 1 is 1.29 bits per heavy atom. The molecule has 2 aliphatic heterocycles. The molecule has 0 saturated carbocycles. The van der Waals surface area contributed by atoms with E-state index in [0.717, 1.165) is 19.3 Å². The van der Waals surface area contributed by atoms with Crippen LogP contribution in [0.2, 0.25) is 0 Å². The Balaban J connectivity index is 1.38. The number of nitrogens with zero attached hydrogens (tertiary/aromatic N) is 5. The van der Waals surface area contributed by atoms with Crippen molar-refractivity contribution in [2.24, 2.45) is 7.05 Å². The van der Waals surface area contributed by atoms with Crippen LogP contribution in [0.25, 0.3) is 0 Å². The van der Waals surface area contributed by atoms with Crippen LogP contribution in [0.1, 0.15) is 48.2 Å². The molecule has 2 aromatic heterocycles. The van der Waals surface area contributed by atoms with Crippen molar-refractivity contribution in [3.63, 3.8) is 0 Å². The Hall–Kier alpha value is -2.55. The second-order valence-corrected chi connectivity index (χ2v) is 8.20. The number of carbonyl (C=O) groups is 3. The van der Waals surface area contributed by atoms with Crippen molar-refractivity contribution in [2.75, 3.05) is 18.0 Å². The highest BCUT2D eigenvalue weighted by Crippen LogP contribution is 2.27. The lowest BCUT2D eigenvalue weighted by atomic mass is 10.0. The summed E-state index contributed by atoms with van der Waals surface area (Å²) in [5.74, 6) is 0.105. The number of aromatic nitrogens is 3. The first-order valence-corrected chi connectivity index (χ1v) is 10.5. The summed E-state index contributed by atoms with van der Waals surface area (Å²) in [6.45, 7) is 1.37. The molecule has 0 N–H and O–H groups in total. The maximum atomic E-state index is 12.8. The molecule has 2 aromatic rings. The summed E-state index contributed by atoms with van der Waals surface area (Å²) in [4.78, 5) is 45.2. The molecule has 4 heterocycles. The first kappa shape index (κ1) is 18.8. The number of carbonyl (C=O) groups excluding carboxylic acids is 3. The Kier molecular flexibility index (Phi) is 5.25. The van der Waals surface area contributed by atoms with Gasteiger partial charge in [-0.05, 0) is 19.3 Å². The third-order valence-corrected chi connectivity index (χ3v) is 6.23. The maximum absolute atomic E-state index is 12.8. The summed E-state index contributed by atoms with van der Waals surface area (Å²) in [5, 5.41) is 6.57. The Morgan fingerprint density at radius 2 is 2.14 bits per heavy atom. The van der Waals surface area contributed by atoms with Gasteiger partial charge in [-0.3, -0.25) is 24.0 Å². The number of thiazole rings is 1. The molecule has 28 heavy (non-hydrogen) atoms. The highest BCUT2D eigenvalue weighted by molar-refractivity contribution is 7.14. The van der Waals surface area contributed by atoms with Crippen LogP contribution in [0.5, 0.6) is 0 Å². The van der Waals surface area contributed by atoms with Crippen LogP contribution in [-0.2, 0) is 23.1 Å². The topological polar surface area (TPSA) is 88.4 Å². The van der Waals surface area contributed by atoms with E-state index in [2.05, 4.69) is 10.1 Å². The normalized spacial score (nSPS) is 19.6. The molecule has 2 aliphatic rings. The van der Waals surface area contributed by atoms with E-state index in [9.17, 15) is 14.4 Å². The zero-order valence-electron chi connectivity index (χ0n) is 15.8. The van der Waals surface area contributed by atoms with Gasteiger partial charge in [0.05, 0.1) is 23.9 Å². The van der Waals surface area contributed by atoms with Gasteiger partial charge in [-0.15, -0.1) is 11.3 Å². The molecular weight excluding hydrogens is 378 g/mol. The van der Waals surface area contributed by atoms with Crippen molar-refractivity contribution in [3.05, 3.63) is 29.0 Å². The average Bonchev–Trinajstić information content (AvgIpc) is 3.42. The minimum absolute atomic E-state index is 0.00825. The van der Waals surface area contributed by atoms with Crippen LogP contribution in [0.15, 0.2) is 17.8 Å². The molecule has 0 radical (unpaired) electrons. The lowest BCUT2D eigenvalue weighted by Gasteiger charge is -2.24. The lowest BCUT2D eigenvalue weighted by molar-refractivity contribution is -0.131. The van der Waals surface area contributed by atoms with E-state index >= 15 is 0 Å². The standard InChI is InChI=1S/C19H23N5O3S/c1-22-11-13(10-20-22)16(25)9-15-4-2-6-23(15)18(27)8-14-12-28-19(21-14)24-7-3-5-17(24)26/h10-12,15H,2-9H2,1H3/t15-/m0/s1. The smallest absolute Gasteiger partial charge is 0.228 e. The molecule has 0 unspecified atom stereocenters. The van der Waals surface area contributed by atoms with Gasteiger partial charge < -0.3 is 4.90 Å². The van der Waals surface area contributed by atoms with Crippen molar-refractivity contribution in [2.45, 2.75) is 44.6 Å². The van der Waals surface area contributed by atoms with E-state index in [1.807, 2.05) is 10.3 Å². The van der Waals surface area contributed by atoms with Gasteiger partial charge >= 0.3 is 0 Å². The fourth-order valence-electron chi connectivity index (χ4n) is 3.88. The van der Waals surface area contributed by atoms with Gasteiger partial charge in [0.1, 0.15) is 0 Å². The van der Waals surface area contributed by atoms with Crippen LogP contribution in [0.4, 0.5) is 5.13 Å².